The average molecular weight is 283 g/mol. The molecule has 2 aromatic rings. The number of aromatic nitrogens is 2. The van der Waals surface area contributed by atoms with E-state index in [1.807, 2.05) is 19.1 Å². The summed E-state index contributed by atoms with van der Waals surface area (Å²) < 4.78 is 0. The van der Waals surface area contributed by atoms with Gasteiger partial charge < -0.3 is 5.32 Å². The van der Waals surface area contributed by atoms with Crippen LogP contribution in [0.1, 0.15) is 37.8 Å². The third kappa shape index (κ3) is 4.38. The Bertz CT molecular complexity index is 579. The third-order valence-electron chi connectivity index (χ3n) is 3.35. The minimum atomic E-state index is -0.215. The maximum Gasteiger partial charge on any atom is 0.232 e. The number of nitrogens with one attached hydrogen (secondary N) is 1. The zero-order valence-corrected chi connectivity index (χ0v) is 12.7. The van der Waals surface area contributed by atoms with Crippen molar-refractivity contribution in [1.29, 1.82) is 0 Å². The number of hydrogen-bond acceptors (Lipinski definition) is 3. The van der Waals surface area contributed by atoms with Crippen LogP contribution in [0.5, 0.6) is 0 Å². The molecule has 0 unspecified atom stereocenters. The largest absolute Gasteiger partial charge is 0.310 e. The van der Waals surface area contributed by atoms with Gasteiger partial charge in [0.25, 0.3) is 0 Å². The van der Waals surface area contributed by atoms with E-state index in [9.17, 15) is 4.79 Å². The maximum atomic E-state index is 12.2. The molecule has 110 valence electrons. The molecule has 0 radical (unpaired) electrons. The number of rotatable bonds is 5. The van der Waals surface area contributed by atoms with Crippen molar-refractivity contribution >= 4 is 11.7 Å². The lowest BCUT2D eigenvalue weighted by molar-refractivity contribution is -0.117. The molecule has 0 fully saturated rings. The summed E-state index contributed by atoms with van der Waals surface area (Å²) >= 11 is 0. The second-order valence-corrected chi connectivity index (χ2v) is 5.65. The Balaban J connectivity index is 2.02. The molecule has 0 aliphatic carbocycles. The monoisotopic (exact) mass is 283 g/mol. The fraction of sp³-hybridized carbons (Fsp3) is 0.353. The third-order valence-corrected chi connectivity index (χ3v) is 3.35. The van der Waals surface area contributed by atoms with E-state index in [0.717, 1.165) is 12.0 Å². The van der Waals surface area contributed by atoms with E-state index in [-0.39, 0.29) is 11.8 Å². The van der Waals surface area contributed by atoms with Gasteiger partial charge in [0.2, 0.25) is 5.91 Å². The first-order chi connectivity index (χ1) is 10.1. The Morgan fingerprint density at radius 2 is 1.86 bits per heavy atom. The first kappa shape index (κ1) is 15.2. The van der Waals surface area contributed by atoms with E-state index in [1.54, 1.807) is 12.3 Å². The summed E-state index contributed by atoms with van der Waals surface area (Å²) in [5.74, 6) is 0.881. The van der Waals surface area contributed by atoms with E-state index < -0.39 is 0 Å². The highest BCUT2D eigenvalue weighted by atomic mass is 16.1. The van der Waals surface area contributed by atoms with Crippen LogP contribution in [0.25, 0.3) is 0 Å². The van der Waals surface area contributed by atoms with Crippen molar-refractivity contribution in [3.63, 3.8) is 0 Å². The first-order valence-corrected chi connectivity index (χ1v) is 7.22. The van der Waals surface area contributed by atoms with Crippen LogP contribution < -0.4 is 5.32 Å². The molecular weight excluding hydrogens is 262 g/mol. The Morgan fingerprint density at radius 1 is 1.14 bits per heavy atom. The van der Waals surface area contributed by atoms with Gasteiger partial charge in [-0.3, -0.25) is 4.79 Å². The highest BCUT2D eigenvalue weighted by molar-refractivity contribution is 5.94. The molecule has 1 atom stereocenters. The fourth-order valence-electron chi connectivity index (χ4n) is 2.16. The molecule has 0 aliphatic heterocycles. The van der Waals surface area contributed by atoms with E-state index in [2.05, 4.69) is 41.3 Å². The summed E-state index contributed by atoms with van der Waals surface area (Å²) in [6.45, 7) is 6.30. The molecule has 1 heterocycles. The number of nitrogens with zero attached hydrogens (tertiary/aromatic N) is 2. The van der Waals surface area contributed by atoms with Crippen LogP contribution in [0.3, 0.4) is 0 Å². The predicted octanol–water partition coefficient (Wildman–Crippen LogP) is 3.42. The second-order valence-electron chi connectivity index (χ2n) is 5.65. The van der Waals surface area contributed by atoms with Crippen LogP contribution in [0.15, 0.2) is 42.9 Å². The van der Waals surface area contributed by atoms with Crippen molar-refractivity contribution in [2.45, 2.75) is 33.1 Å². The molecule has 0 spiro atoms. The highest BCUT2D eigenvalue weighted by Crippen LogP contribution is 2.19. The summed E-state index contributed by atoms with van der Waals surface area (Å²) in [5, 5.41) is 2.80. The number of amides is 1. The van der Waals surface area contributed by atoms with Gasteiger partial charge >= 0.3 is 0 Å². The first-order valence-electron chi connectivity index (χ1n) is 7.22. The number of anilines is 1. The minimum absolute atomic E-state index is 0.0645. The van der Waals surface area contributed by atoms with Gasteiger partial charge in [0, 0.05) is 6.20 Å². The van der Waals surface area contributed by atoms with Gasteiger partial charge in [-0.15, -0.1) is 0 Å². The number of carbonyl (C=O) groups excluding carboxylic acids is 1. The van der Waals surface area contributed by atoms with E-state index in [0.29, 0.717) is 11.7 Å². The van der Waals surface area contributed by atoms with E-state index in [1.165, 1.54) is 11.9 Å². The molecule has 1 N–H and O–H groups in total. The van der Waals surface area contributed by atoms with Crippen molar-refractivity contribution in [2.24, 2.45) is 5.92 Å². The van der Waals surface area contributed by atoms with Crippen molar-refractivity contribution in [2.75, 3.05) is 5.32 Å². The maximum absolute atomic E-state index is 12.2. The number of benzene rings is 1. The quantitative estimate of drug-likeness (QED) is 0.914. The zero-order valence-electron chi connectivity index (χ0n) is 12.7. The molecule has 1 aromatic heterocycles. The second kappa shape index (κ2) is 6.97. The Kier molecular flexibility index (Phi) is 5.04. The Hall–Kier alpha value is -2.23. The fourth-order valence-corrected chi connectivity index (χ4v) is 2.16. The lowest BCUT2D eigenvalue weighted by Crippen LogP contribution is -2.19. The van der Waals surface area contributed by atoms with Crippen molar-refractivity contribution in [3.05, 3.63) is 54.0 Å². The molecule has 0 saturated heterocycles. The van der Waals surface area contributed by atoms with Crippen LogP contribution in [0, 0.1) is 5.92 Å². The molecule has 1 aromatic carbocycles. The summed E-state index contributed by atoms with van der Waals surface area (Å²) in [6.07, 6.45) is 4.08. The molecule has 4 nitrogen and oxygen atoms in total. The molecular formula is C17H21N3O. The molecule has 2 rings (SSSR count). The lowest BCUT2D eigenvalue weighted by atomic mass is 9.96. The number of hydrogen-bond donors (Lipinski definition) is 1. The minimum Gasteiger partial charge on any atom is -0.310 e. The van der Waals surface area contributed by atoms with Crippen molar-refractivity contribution < 1.29 is 4.79 Å². The van der Waals surface area contributed by atoms with Gasteiger partial charge in [0.05, 0.1) is 5.92 Å². The summed E-state index contributed by atoms with van der Waals surface area (Å²) in [5.41, 5.74) is 2.31. The standard InChI is InChI=1S/C17H21N3O/c1-12(2)10-14-4-6-15(7-5-14)13(3)17(21)20-16-8-9-18-11-19-16/h4-9,11-13H,10H2,1-3H3,(H,18,19,20,21)/t13-/m1/s1. The van der Waals surface area contributed by atoms with E-state index in [4.69, 9.17) is 0 Å². The van der Waals surface area contributed by atoms with Gasteiger partial charge in [0.1, 0.15) is 12.1 Å². The summed E-state index contributed by atoms with van der Waals surface area (Å²) in [6, 6.07) is 9.94. The lowest BCUT2D eigenvalue weighted by Gasteiger charge is -2.13. The van der Waals surface area contributed by atoms with Crippen LogP contribution in [0.2, 0.25) is 0 Å². The molecule has 0 saturated carbocycles. The summed E-state index contributed by atoms with van der Waals surface area (Å²) in [7, 11) is 0. The zero-order chi connectivity index (χ0) is 15.2. The van der Waals surface area contributed by atoms with E-state index >= 15 is 0 Å². The Morgan fingerprint density at radius 3 is 2.43 bits per heavy atom. The number of carbonyl (C=O) groups is 1. The van der Waals surface area contributed by atoms with Crippen LogP contribution in [0.4, 0.5) is 5.82 Å². The molecule has 0 bridgehead atoms. The van der Waals surface area contributed by atoms with Crippen LogP contribution in [-0.2, 0) is 11.2 Å². The van der Waals surface area contributed by atoms with Gasteiger partial charge in [0.15, 0.2) is 0 Å². The highest BCUT2D eigenvalue weighted by Gasteiger charge is 2.15. The van der Waals surface area contributed by atoms with Gasteiger partial charge in [-0.05, 0) is 36.5 Å². The predicted molar refractivity (Wildman–Crippen MR) is 84.1 cm³/mol. The van der Waals surface area contributed by atoms with Crippen LogP contribution in [-0.4, -0.2) is 15.9 Å². The normalized spacial score (nSPS) is 12.2. The van der Waals surface area contributed by atoms with Gasteiger partial charge in [-0.2, -0.15) is 0 Å². The molecule has 4 heteroatoms. The SMILES string of the molecule is CC(C)Cc1ccc([C@@H](C)C(=O)Nc2ccncn2)cc1. The molecule has 21 heavy (non-hydrogen) atoms. The molecule has 1 amide bonds. The Labute approximate surface area is 125 Å². The van der Waals surface area contributed by atoms with Crippen LogP contribution >= 0.6 is 0 Å². The van der Waals surface area contributed by atoms with Crippen molar-refractivity contribution in [3.8, 4) is 0 Å². The average Bonchev–Trinajstić information content (AvgIpc) is 2.47. The van der Waals surface area contributed by atoms with Gasteiger partial charge in [-0.25, -0.2) is 9.97 Å². The molecule has 0 aliphatic rings. The smallest absolute Gasteiger partial charge is 0.232 e. The topological polar surface area (TPSA) is 54.9 Å². The summed E-state index contributed by atoms with van der Waals surface area (Å²) in [4.78, 5) is 20.0. The van der Waals surface area contributed by atoms with Crippen molar-refractivity contribution in [1.82, 2.24) is 9.97 Å². The van der Waals surface area contributed by atoms with Gasteiger partial charge in [-0.1, -0.05) is 38.1 Å².